The molecule has 0 aliphatic heterocycles. The third kappa shape index (κ3) is 3.75. The zero-order valence-corrected chi connectivity index (χ0v) is 12.1. The summed E-state index contributed by atoms with van der Waals surface area (Å²) in [5.41, 5.74) is 10.1. The van der Waals surface area contributed by atoms with Gasteiger partial charge >= 0.3 is 0 Å². The van der Waals surface area contributed by atoms with Crippen molar-refractivity contribution in [3.63, 3.8) is 0 Å². The Bertz CT molecular complexity index is 567. The van der Waals surface area contributed by atoms with Crippen molar-refractivity contribution in [1.29, 1.82) is 0 Å². The summed E-state index contributed by atoms with van der Waals surface area (Å²) in [4.78, 5) is 0. The fraction of sp³-hybridized carbons (Fsp3) is 0.294. The first kappa shape index (κ1) is 14.4. The highest BCUT2D eigenvalue weighted by Gasteiger charge is 2.04. The van der Waals surface area contributed by atoms with Gasteiger partial charge in [0.05, 0.1) is 20.3 Å². The first-order valence-electron chi connectivity index (χ1n) is 6.75. The predicted molar refractivity (Wildman–Crippen MR) is 81.9 cm³/mol. The third-order valence-electron chi connectivity index (χ3n) is 3.26. The molecule has 0 saturated heterocycles. The molecule has 0 unspecified atom stereocenters. The van der Waals surface area contributed by atoms with Crippen LogP contribution in [0, 0.1) is 6.92 Å². The lowest BCUT2D eigenvalue weighted by Gasteiger charge is -2.10. The van der Waals surface area contributed by atoms with E-state index in [4.69, 9.17) is 15.2 Å². The van der Waals surface area contributed by atoms with Crippen molar-refractivity contribution in [1.82, 2.24) is 0 Å². The normalized spacial score (nSPS) is 10.5. The van der Waals surface area contributed by atoms with Crippen molar-refractivity contribution in [2.24, 2.45) is 0 Å². The average Bonchev–Trinajstić information content (AvgIpc) is 2.45. The smallest absolute Gasteiger partial charge is 0.124 e. The van der Waals surface area contributed by atoms with Gasteiger partial charge in [-0.25, -0.2) is 0 Å². The van der Waals surface area contributed by atoms with E-state index in [1.54, 1.807) is 7.11 Å². The summed E-state index contributed by atoms with van der Waals surface area (Å²) in [6.07, 6.45) is 0.820. The van der Waals surface area contributed by atoms with Gasteiger partial charge in [0.25, 0.3) is 0 Å². The lowest BCUT2D eigenvalue weighted by molar-refractivity contribution is 0.122. The summed E-state index contributed by atoms with van der Waals surface area (Å²) in [5.74, 6) is 0.870. The van der Waals surface area contributed by atoms with Gasteiger partial charge in [-0.2, -0.15) is 0 Å². The minimum atomic E-state index is 0.553. The fourth-order valence-corrected chi connectivity index (χ4v) is 2.15. The van der Waals surface area contributed by atoms with E-state index < -0.39 is 0 Å². The molecule has 0 radical (unpaired) electrons. The minimum absolute atomic E-state index is 0.553. The van der Waals surface area contributed by atoms with Gasteiger partial charge in [0.1, 0.15) is 5.75 Å². The Morgan fingerprint density at radius 1 is 1.05 bits per heavy atom. The Labute approximate surface area is 120 Å². The molecule has 3 heteroatoms. The van der Waals surface area contributed by atoms with Crippen molar-refractivity contribution >= 4 is 5.69 Å². The molecule has 0 amide bonds. The Balaban J connectivity index is 1.87. The highest BCUT2D eigenvalue weighted by molar-refractivity contribution is 5.46. The van der Waals surface area contributed by atoms with E-state index in [9.17, 15) is 0 Å². The van der Waals surface area contributed by atoms with Gasteiger partial charge in [0, 0.05) is 11.3 Å². The average molecular weight is 271 g/mol. The van der Waals surface area contributed by atoms with E-state index in [1.807, 2.05) is 36.4 Å². The minimum Gasteiger partial charge on any atom is -0.496 e. The van der Waals surface area contributed by atoms with E-state index >= 15 is 0 Å². The van der Waals surface area contributed by atoms with Crippen molar-refractivity contribution in [3.8, 4) is 5.75 Å². The number of para-hydroxylation sites is 1. The van der Waals surface area contributed by atoms with Crippen LogP contribution in [0.2, 0.25) is 0 Å². The number of nitrogen functional groups attached to an aromatic ring is 1. The molecule has 2 aromatic carbocycles. The van der Waals surface area contributed by atoms with Crippen LogP contribution in [0.5, 0.6) is 5.75 Å². The number of ether oxygens (including phenoxy) is 2. The number of methoxy groups -OCH3 is 1. The van der Waals surface area contributed by atoms with Gasteiger partial charge < -0.3 is 15.2 Å². The maximum absolute atomic E-state index is 5.90. The molecule has 0 aliphatic rings. The van der Waals surface area contributed by atoms with Crippen LogP contribution in [0.4, 0.5) is 5.69 Å². The molecule has 2 N–H and O–H groups in total. The Morgan fingerprint density at radius 3 is 2.60 bits per heavy atom. The SMILES string of the molecule is COc1ccc(C)cc1COCCc1ccccc1N. The predicted octanol–water partition coefficient (Wildman–Crippen LogP) is 3.35. The maximum Gasteiger partial charge on any atom is 0.124 e. The van der Waals surface area contributed by atoms with Crippen LogP contribution in [0.25, 0.3) is 0 Å². The summed E-state index contributed by atoms with van der Waals surface area (Å²) in [5, 5.41) is 0. The Hall–Kier alpha value is -2.00. The molecule has 20 heavy (non-hydrogen) atoms. The van der Waals surface area contributed by atoms with Crippen LogP contribution < -0.4 is 10.5 Å². The quantitative estimate of drug-likeness (QED) is 0.647. The summed E-state index contributed by atoms with van der Waals surface area (Å²) < 4.78 is 11.1. The molecular formula is C17H21NO2. The fourth-order valence-electron chi connectivity index (χ4n) is 2.15. The van der Waals surface area contributed by atoms with Crippen molar-refractivity contribution < 1.29 is 9.47 Å². The molecule has 2 aromatic rings. The van der Waals surface area contributed by atoms with E-state index in [0.717, 1.165) is 29.0 Å². The van der Waals surface area contributed by atoms with Gasteiger partial charge in [-0.1, -0.05) is 35.9 Å². The number of benzene rings is 2. The first-order chi connectivity index (χ1) is 9.70. The van der Waals surface area contributed by atoms with Gasteiger partial charge in [0.2, 0.25) is 0 Å². The van der Waals surface area contributed by atoms with Gasteiger partial charge in [-0.15, -0.1) is 0 Å². The zero-order valence-electron chi connectivity index (χ0n) is 12.1. The monoisotopic (exact) mass is 271 g/mol. The summed E-state index contributed by atoms with van der Waals surface area (Å²) >= 11 is 0. The van der Waals surface area contributed by atoms with E-state index in [0.29, 0.717) is 13.2 Å². The largest absolute Gasteiger partial charge is 0.496 e. The van der Waals surface area contributed by atoms with E-state index in [2.05, 4.69) is 13.0 Å². The molecule has 0 saturated carbocycles. The molecule has 0 heterocycles. The van der Waals surface area contributed by atoms with E-state index in [1.165, 1.54) is 5.56 Å². The number of nitrogens with two attached hydrogens (primary N) is 1. The highest BCUT2D eigenvalue weighted by Crippen LogP contribution is 2.20. The Kier molecular flexibility index (Phi) is 5.02. The molecule has 0 aliphatic carbocycles. The molecule has 0 atom stereocenters. The molecule has 2 rings (SSSR count). The van der Waals surface area contributed by atoms with Crippen LogP contribution in [-0.4, -0.2) is 13.7 Å². The lowest BCUT2D eigenvalue weighted by Crippen LogP contribution is -2.03. The number of aryl methyl sites for hydroxylation is 1. The molecule has 0 bridgehead atoms. The lowest BCUT2D eigenvalue weighted by atomic mass is 10.1. The standard InChI is InChI=1S/C17H21NO2/c1-13-7-8-17(19-2)15(11-13)12-20-10-9-14-5-3-4-6-16(14)18/h3-8,11H,9-10,12,18H2,1-2H3. The van der Waals surface area contributed by atoms with Gasteiger partial charge in [0.15, 0.2) is 0 Å². The highest BCUT2D eigenvalue weighted by atomic mass is 16.5. The van der Waals surface area contributed by atoms with Crippen LogP contribution in [-0.2, 0) is 17.8 Å². The summed E-state index contributed by atoms with van der Waals surface area (Å²) in [7, 11) is 1.68. The number of anilines is 1. The zero-order chi connectivity index (χ0) is 14.4. The molecule has 106 valence electrons. The van der Waals surface area contributed by atoms with Crippen LogP contribution in [0.3, 0.4) is 0 Å². The number of rotatable bonds is 6. The molecule has 3 nitrogen and oxygen atoms in total. The van der Waals surface area contributed by atoms with Crippen LogP contribution in [0.15, 0.2) is 42.5 Å². The summed E-state index contributed by atoms with van der Waals surface area (Å²) in [6, 6.07) is 14.0. The second-order valence-electron chi connectivity index (χ2n) is 4.82. The van der Waals surface area contributed by atoms with Crippen LogP contribution in [0.1, 0.15) is 16.7 Å². The number of hydrogen-bond acceptors (Lipinski definition) is 3. The van der Waals surface area contributed by atoms with Gasteiger partial charge in [-0.05, 0) is 31.0 Å². The van der Waals surface area contributed by atoms with Crippen molar-refractivity contribution in [3.05, 3.63) is 59.2 Å². The van der Waals surface area contributed by atoms with Crippen LogP contribution >= 0.6 is 0 Å². The first-order valence-corrected chi connectivity index (χ1v) is 6.75. The summed E-state index contributed by atoms with van der Waals surface area (Å²) in [6.45, 7) is 3.26. The number of hydrogen-bond donors (Lipinski definition) is 1. The molecular weight excluding hydrogens is 250 g/mol. The second kappa shape index (κ2) is 6.96. The van der Waals surface area contributed by atoms with E-state index in [-0.39, 0.29) is 0 Å². The topological polar surface area (TPSA) is 44.5 Å². The molecule has 0 aromatic heterocycles. The molecule has 0 spiro atoms. The van der Waals surface area contributed by atoms with Gasteiger partial charge in [-0.3, -0.25) is 0 Å². The second-order valence-corrected chi connectivity index (χ2v) is 4.82. The van der Waals surface area contributed by atoms with Crippen molar-refractivity contribution in [2.75, 3.05) is 19.5 Å². The van der Waals surface area contributed by atoms with Crippen molar-refractivity contribution in [2.45, 2.75) is 20.0 Å². The Morgan fingerprint density at radius 2 is 1.85 bits per heavy atom. The molecule has 0 fully saturated rings. The third-order valence-corrected chi connectivity index (χ3v) is 3.26. The maximum atomic E-state index is 5.90.